The Kier molecular flexibility index (Phi) is 6.68. The van der Waals surface area contributed by atoms with E-state index < -0.39 is 0 Å². The molecule has 0 spiro atoms. The Balaban J connectivity index is 1.84. The van der Waals surface area contributed by atoms with E-state index in [1.807, 2.05) is 37.4 Å². The normalized spacial score (nSPS) is 19.7. The zero-order valence-electron chi connectivity index (χ0n) is 13.2. The molecular formula is C17H26N2O3. The highest BCUT2D eigenvalue weighted by Crippen LogP contribution is 2.22. The maximum atomic E-state index is 12.2. The highest BCUT2D eigenvalue weighted by atomic mass is 16.6. The van der Waals surface area contributed by atoms with Crippen LogP contribution in [0.25, 0.3) is 0 Å². The molecule has 0 aromatic heterocycles. The molecule has 2 atom stereocenters. The van der Waals surface area contributed by atoms with Crippen molar-refractivity contribution in [3.05, 3.63) is 35.9 Å². The van der Waals surface area contributed by atoms with Crippen molar-refractivity contribution in [2.45, 2.75) is 31.9 Å². The minimum Gasteiger partial charge on any atom is -0.445 e. The number of hydrogen-bond acceptors (Lipinski definition) is 4. The van der Waals surface area contributed by atoms with Gasteiger partial charge >= 0.3 is 6.09 Å². The first-order chi connectivity index (χ1) is 10.7. The average molecular weight is 306 g/mol. The molecule has 2 rings (SSSR count). The largest absolute Gasteiger partial charge is 0.445 e. The van der Waals surface area contributed by atoms with E-state index in [1.54, 1.807) is 4.90 Å². The molecule has 1 fully saturated rings. The zero-order valence-corrected chi connectivity index (χ0v) is 13.2. The van der Waals surface area contributed by atoms with Crippen molar-refractivity contribution in [3.63, 3.8) is 0 Å². The van der Waals surface area contributed by atoms with Crippen molar-refractivity contribution in [3.8, 4) is 0 Å². The van der Waals surface area contributed by atoms with Crippen LogP contribution in [0, 0.1) is 5.92 Å². The van der Waals surface area contributed by atoms with Gasteiger partial charge in [0.1, 0.15) is 6.61 Å². The number of benzene rings is 1. The van der Waals surface area contributed by atoms with Gasteiger partial charge in [-0.25, -0.2) is 4.79 Å². The van der Waals surface area contributed by atoms with Crippen LogP contribution in [-0.4, -0.2) is 48.9 Å². The van der Waals surface area contributed by atoms with Crippen LogP contribution in [0.4, 0.5) is 4.79 Å². The molecular weight excluding hydrogens is 280 g/mol. The molecule has 1 aromatic carbocycles. The standard InChI is InChI=1S/C17H26N2O3/c1-18-16(9-11-20)15-8-5-10-19(12-15)17(21)22-13-14-6-3-2-4-7-14/h2-4,6-7,15-16,18,20H,5,8-13H2,1H3/t15-,16-/m1/s1. The van der Waals surface area contributed by atoms with Gasteiger partial charge in [-0.15, -0.1) is 0 Å². The van der Waals surface area contributed by atoms with E-state index in [0.717, 1.165) is 24.9 Å². The molecule has 1 amide bonds. The first-order valence-corrected chi connectivity index (χ1v) is 7.98. The molecule has 0 radical (unpaired) electrons. The smallest absolute Gasteiger partial charge is 0.410 e. The van der Waals surface area contributed by atoms with Crippen LogP contribution in [0.2, 0.25) is 0 Å². The average Bonchev–Trinajstić information content (AvgIpc) is 2.58. The maximum absolute atomic E-state index is 12.2. The maximum Gasteiger partial charge on any atom is 0.410 e. The van der Waals surface area contributed by atoms with Gasteiger partial charge in [-0.2, -0.15) is 0 Å². The molecule has 0 saturated carbocycles. The van der Waals surface area contributed by atoms with E-state index in [2.05, 4.69) is 5.32 Å². The Morgan fingerprint density at radius 1 is 1.45 bits per heavy atom. The summed E-state index contributed by atoms with van der Waals surface area (Å²) < 4.78 is 5.41. The van der Waals surface area contributed by atoms with Crippen molar-refractivity contribution in [1.29, 1.82) is 0 Å². The monoisotopic (exact) mass is 306 g/mol. The van der Waals surface area contributed by atoms with Gasteiger partial charge in [-0.05, 0) is 37.8 Å². The molecule has 1 aliphatic heterocycles. The van der Waals surface area contributed by atoms with Crippen LogP contribution in [0.15, 0.2) is 30.3 Å². The lowest BCUT2D eigenvalue weighted by Gasteiger charge is -2.36. The molecule has 2 N–H and O–H groups in total. The summed E-state index contributed by atoms with van der Waals surface area (Å²) in [5.41, 5.74) is 0.998. The molecule has 122 valence electrons. The fourth-order valence-electron chi connectivity index (χ4n) is 3.07. The van der Waals surface area contributed by atoms with Crippen LogP contribution in [0.5, 0.6) is 0 Å². The van der Waals surface area contributed by atoms with Gasteiger partial charge in [0.25, 0.3) is 0 Å². The van der Waals surface area contributed by atoms with Gasteiger partial charge in [0.15, 0.2) is 0 Å². The summed E-state index contributed by atoms with van der Waals surface area (Å²) in [6.45, 7) is 1.92. The van der Waals surface area contributed by atoms with Gasteiger partial charge in [-0.1, -0.05) is 30.3 Å². The molecule has 1 aromatic rings. The quantitative estimate of drug-likeness (QED) is 0.844. The topological polar surface area (TPSA) is 61.8 Å². The third-order valence-corrected chi connectivity index (χ3v) is 4.30. The number of carbonyl (C=O) groups excluding carboxylic acids is 1. The second-order valence-electron chi connectivity index (χ2n) is 5.80. The van der Waals surface area contributed by atoms with Crippen molar-refractivity contribution < 1.29 is 14.6 Å². The highest BCUT2D eigenvalue weighted by molar-refractivity contribution is 5.67. The number of aliphatic hydroxyl groups is 1. The molecule has 5 nitrogen and oxygen atoms in total. The Morgan fingerprint density at radius 3 is 2.91 bits per heavy atom. The Hall–Kier alpha value is -1.59. The number of nitrogens with one attached hydrogen (secondary N) is 1. The number of piperidine rings is 1. The summed E-state index contributed by atoms with van der Waals surface area (Å²) in [6, 6.07) is 9.96. The van der Waals surface area contributed by atoms with Crippen molar-refractivity contribution in [2.75, 3.05) is 26.7 Å². The van der Waals surface area contributed by atoms with E-state index >= 15 is 0 Å². The second kappa shape index (κ2) is 8.76. The lowest BCUT2D eigenvalue weighted by Crippen LogP contribution is -2.47. The summed E-state index contributed by atoms with van der Waals surface area (Å²) in [7, 11) is 1.91. The summed E-state index contributed by atoms with van der Waals surface area (Å²) in [4.78, 5) is 14.0. The predicted octanol–water partition coefficient (Wildman–Crippen LogP) is 2.01. The summed E-state index contributed by atoms with van der Waals surface area (Å²) in [5, 5.41) is 12.4. The summed E-state index contributed by atoms with van der Waals surface area (Å²) >= 11 is 0. The molecule has 0 aliphatic carbocycles. The van der Waals surface area contributed by atoms with Crippen molar-refractivity contribution >= 4 is 6.09 Å². The van der Waals surface area contributed by atoms with E-state index in [-0.39, 0.29) is 18.7 Å². The van der Waals surface area contributed by atoms with Crippen molar-refractivity contribution in [2.24, 2.45) is 5.92 Å². The number of aliphatic hydroxyl groups excluding tert-OH is 1. The van der Waals surface area contributed by atoms with Gasteiger partial charge in [0, 0.05) is 25.7 Å². The van der Waals surface area contributed by atoms with Crippen LogP contribution in [-0.2, 0) is 11.3 Å². The third-order valence-electron chi connectivity index (χ3n) is 4.30. The lowest BCUT2D eigenvalue weighted by atomic mass is 9.89. The number of carbonyl (C=O) groups is 1. The lowest BCUT2D eigenvalue weighted by molar-refractivity contribution is 0.0719. The van der Waals surface area contributed by atoms with Gasteiger partial charge in [0.2, 0.25) is 0 Å². The summed E-state index contributed by atoms with van der Waals surface area (Å²) in [5.74, 6) is 0.371. The van der Waals surface area contributed by atoms with Crippen molar-refractivity contribution in [1.82, 2.24) is 10.2 Å². The zero-order chi connectivity index (χ0) is 15.8. The number of nitrogens with zero attached hydrogens (tertiary/aromatic N) is 1. The molecule has 5 heteroatoms. The molecule has 1 aliphatic rings. The van der Waals surface area contributed by atoms with E-state index in [4.69, 9.17) is 9.84 Å². The number of ether oxygens (including phenoxy) is 1. The number of rotatable bonds is 6. The van der Waals surface area contributed by atoms with E-state index in [1.165, 1.54) is 0 Å². The van der Waals surface area contributed by atoms with Crippen LogP contribution >= 0.6 is 0 Å². The second-order valence-corrected chi connectivity index (χ2v) is 5.80. The van der Waals surface area contributed by atoms with Crippen LogP contribution < -0.4 is 5.32 Å². The van der Waals surface area contributed by atoms with Gasteiger partial charge in [0.05, 0.1) is 0 Å². The molecule has 0 bridgehead atoms. The van der Waals surface area contributed by atoms with E-state index in [0.29, 0.717) is 25.5 Å². The van der Waals surface area contributed by atoms with Crippen LogP contribution in [0.3, 0.4) is 0 Å². The van der Waals surface area contributed by atoms with E-state index in [9.17, 15) is 4.79 Å². The molecule has 1 heterocycles. The molecule has 0 unspecified atom stereocenters. The molecule has 1 saturated heterocycles. The van der Waals surface area contributed by atoms with Gasteiger partial charge in [-0.3, -0.25) is 0 Å². The number of amides is 1. The Morgan fingerprint density at radius 2 is 2.23 bits per heavy atom. The first kappa shape index (κ1) is 16.8. The fourth-order valence-corrected chi connectivity index (χ4v) is 3.07. The Labute approximate surface area is 132 Å². The molecule has 22 heavy (non-hydrogen) atoms. The highest BCUT2D eigenvalue weighted by Gasteiger charge is 2.29. The number of likely N-dealkylation sites (tertiary alicyclic amines) is 1. The third kappa shape index (κ3) is 4.71. The minimum absolute atomic E-state index is 0.167. The SMILES string of the molecule is CN[C@H](CCO)[C@@H]1CCCN(C(=O)OCc2ccccc2)C1. The van der Waals surface area contributed by atoms with Gasteiger partial charge < -0.3 is 20.1 Å². The first-order valence-electron chi connectivity index (χ1n) is 7.98. The predicted molar refractivity (Wildman–Crippen MR) is 85.5 cm³/mol. The van der Waals surface area contributed by atoms with Crippen LogP contribution in [0.1, 0.15) is 24.8 Å². The minimum atomic E-state index is -0.243. The summed E-state index contributed by atoms with van der Waals surface area (Å²) in [6.07, 6.45) is 2.53. The Bertz CT molecular complexity index is 452. The fraction of sp³-hybridized carbons (Fsp3) is 0.588. The number of hydrogen-bond donors (Lipinski definition) is 2.